The first-order valence-corrected chi connectivity index (χ1v) is 10.1. The molecule has 0 N–H and O–H groups in total. The van der Waals surface area contributed by atoms with Crippen LogP contribution in [0.25, 0.3) is 10.2 Å². The summed E-state index contributed by atoms with van der Waals surface area (Å²) in [5.74, 6) is -0.196. The number of benzene rings is 2. The summed E-state index contributed by atoms with van der Waals surface area (Å²) in [5, 5.41) is 1.53. The van der Waals surface area contributed by atoms with Crippen LogP contribution in [0.5, 0.6) is 0 Å². The van der Waals surface area contributed by atoms with Crippen molar-refractivity contribution in [2.75, 3.05) is 32.1 Å². The number of fused-ring (bicyclic) bond motifs is 1. The highest BCUT2D eigenvalue weighted by Gasteiger charge is 2.24. The van der Waals surface area contributed by atoms with Gasteiger partial charge in [0, 0.05) is 18.1 Å². The van der Waals surface area contributed by atoms with E-state index in [4.69, 9.17) is 28.2 Å². The first kappa shape index (κ1) is 20.1. The first-order valence-electron chi connectivity index (χ1n) is 8.55. The Kier molecular flexibility index (Phi) is 6.06. The summed E-state index contributed by atoms with van der Waals surface area (Å²) >= 11 is 13.9. The van der Waals surface area contributed by atoms with Gasteiger partial charge in [-0.25, -0.2) is 4.98 Å². The standard InChI is InChI=1S/C20H21Cl2N3OS/c1-12-9-13(2)18-17(10-12)23-20(27-18)25(8-7-24(3)4)19(26)15-11-14(21)5-6-16(15)22/h5-6,9-11H,7-8H2,1-4H3. The van der Waals surface area contributed by atoms with Crippen molar-refractivity contribution in [2.45, 2.75) is 13.8 Å². The molecule has 0 atom stereocenters. The van der Waals surface area contributed by atoms with Gasteiger partial charge < -0.3 is 4.90 Å². The average Bonchev–Trinajstić information content (AvgIpc) is 3.00. The summed E-state index contributed by atoms with van der Waals surface area (Å²) < 4.78 is 1.09. The number of carbonyl (C=O) groups excluding carboxylic acids is 1. The highest BCUT2D eigenvalue weighted by Crippen LogP contribution is 2.33. The van der Waals surface area contributed by atoms with Gasteiger partial charge in [0.25, 0.3) is 5.91 Å². The zero-order valence-corrected chi connectivity index (χ0v) is 18.0. The topological polar surface area (TPSA) is 36.4 Å². The van der Waals surface area contributed by atoms with E-state index in [-0.39, 0.29) is 5.91 Å². The number of rotatable bonds is 5. The van der Waals surface area contributed by atoms with Gasteiger partial charge in [0.2, 0.25) is 0 Å². The van der Waals surface area contributed by atoms with Gasteiger partial charge in [0.05, 0.1) is 20.8 Å². The van der Waals surface area contributed by atoms with Gasteiger partial charge in [0.1, 0.15) is 0 Å². The Bertz CT molecular complexity index is 1000. The van der Waals surface area contributed by atoms with E-state index in [1.165, 1.54) is 11.3 Å². The molecule has 0 bridgehead atoms. The number of anilines is 1. The van der Waals surface area contributed by atoms with Crippen LogP contribution in [0.1, 0.15) is 21.5 Å². The molecule has 0 aliphatic rings. The van der Waals surface area contributed by atoms with Crippen LogP contribution in [0.15, 0.2) is 30.3 Å². The molecule has 1 heterocycles. The Morgan fingerprint density at radius 2 is 1.85 bits per heavy atom. The largest absolute Gasteiger partial charge is 0.308 e. The Labute approximate surface area is 173 Å². The van der Waals surface area contributed by atoms with E-state index in [0.717, 1.165) is 21.3 Å². The minimum atomic E-state index is -0.196. The van der Waals surface area contributed by atoms with Crippen molar-refractivity contribution in [3.8, 4) is 0 Å². The molecule has 1 amide bonds. The SMILES string of the molecule is Cc1cc(C)c2sc(N(CCN(C)C)C(=O)c3cc(Cl)ccc3Cl)nc2c1. The number of hydrogen-bond acceptors (Lipinski definition) is 4. The van der Waals surface area contributed by atoms with Gasteiger partial charge >= 0.3 is 0 Å². The quantitative estimate of drug-likeness (QED) is 0.550. The zero-order valence-electron chi connectivity index (χ0n) is 15.7. The molecular formula is C20H21Cl2N3OS. The Morgan fingerprint density at radius 1 is 1.11 bits per heavy atom. The van der Waals surface area contributed by atoms with Crippen LogP contribution in [0.2, 0.25) is 10.0 Å². The number of amides is 1. The minimum Gasteiger partial charge on any atom is -0.308 e. The maximum absolute atomic E-state index is 13.3. The molecule has 0 aliphatic carbocycles. The monoisotopic (exact) mass is 421 g/mol. The lowest BCUT2D eigenvalue weighted by Gasteiger charge is -2.22. The number of halogens is 2. The van der Waals surface area contributed by atoms with Crippen LogP contribution in [-0.2, 0) is 0 Å². The molecule has 2 aromatic carbocycles. The Balaban J connectivity index is 2.07. The molecule has 3 rings (SSSR count). The highest BCUT2D eigenvalue weighted by molar-refractivity contribution is 7.22. The number of likely N-dealkylation sites (N-methyl/N-ethyl adjacent to an activating group) is 1. The maximum atomic E-state index is 13.3. The molecule has 142 valence electrons. The van der Waals surface area contributed by atoms with E-state index in [1.54, 1.807) is 23.1 Å². The van der Waals surface area contributed by atoms with Crippen molar-refractivity contribution < 1.29 is 4.79 Å². The van der Waals surface area contributed by atoms with Gasteiger partial charge in [-0.15, -0.1) is 0 Å². The minimum absolute atomic E-state index is 0.196. The van der Waals surface area contributed by atoms with Gasteiger partial charge in [0.15, 0.2) is 5.13 Å². The number of thiazole rings is 1. The number of nitrogens with zero attached hydrogens (tertiary/aromatic N) is 3. The van der Waals surface area contributed by atoms with Crippen molar-refractivity contribution in [2.24, 2.45) is 0 Å². The van der Waals surface area contributed by atoms with Gasteiger partial charge in [-0.3, -0.25) is 9.69 Å². The number of aryl methyl sites for hydroxylation is 2. The second kappa shape index (κ2) is 8.15. The van der Waals surface area contributed by atoms with E-state index in [1.807, 2.05) is 32.0 Å². The fourth-order valence-corrected chi connectivity index (χ4v) is 4.28. The molecular weight excluding hydrogens is 401 g/mol. The Morgan fingerprint density at radius 3 is 2.56 bits per heavy atom. The van der Waals surface area contributed by atoms with Crippen LogP contribution in [-0.4, -0.2) is 43.0 Å². The third kappa shape index (κ3) is 4.43. The fraction of sp³-hybridized carbons (Fsp3) is 0.300. The zero-order chi connectivity index (χ0) is 19.7. The number of aromatic nitrogens is 1. The number of carbonyl (C=O) groups is 1. The van der Waals surface area contributed by atoms with Gasteiger partial charge in [-0.2, -0.15) is 0 Å². The third-order valence-electron chi connectivity index (χ3n) is 4.21. The maximum Gasteiger partial charge on any atom is 0.261 e. The normalized spacial score (nSPS) is 11.4. The summed E-state index contributed by atoms with van der Waals surface area (Å²) in [4.78, 5) is 21.8. The van der Waals surface area contributed by atoms with Crippen LogP contribution in [0.3, 0.4) is 0 Å². The van der Waals surface area contributed by atoms with Crippen molar-refractivity contribution in [1.29, 1.82) is 0 Å². The van der Waals surface area contributed by atoms with E-state index in [9.17, 15) is 4.79 Å². The van der Waals surface area contributed by atoms with Crippen molar-refractivity contribution in [1.82, 2.24) is 9.88 Å². The lowest BCUT2D eigenvalue weighted by molar-refractivity contribution is 0.0985. The fourth-order valence-electron chi connectivity index (χ4n) is 2.87. The van der Waals surface area contributed by atoms with Gasteiger partial charge in [-0.05, 0) is 63.3 Å². The number of hydrogen-bond donors (Lipinski definition) is 0. The summed E-state index contributed by atoms with van der Waals surface area (Å²) in [6.07, 6.45) is 0. The van der Waals surface area contributed by atoms with E-state index >= 15 is 0 Å². The molecule has 4 nitrogen and oxygen atoms in total. The van der Waals surface area contributed by atoms with Crippen molar-refractivity contribution >= 4 is 55.8 Å². The average molecular weight is 422 g/mol. The molecule has 0 saturated carbocycles. The molecule has 0 radical (unpaired) electrons. The molecule has 0 saturated heterocycles. The Hall–Kier alpha value is -1.66. The van der Waals surface area contributed by atoms with E-state index < -0.39 is 0 Å². The van der Waals surface area contributed by atoms with Gasteiger partial charge in [-0.1, -0.05) is 40.6 Å². The third-order valence-corrected chi connectivity index (χ3v) is 6.01. The lowest BCUT2D eigenvalue weighted by atomic mass is 10.1. The molecule has 0 spiro atoms. The van der Waals surface area contributed by atoms with Crippen LogP contribution in [0, 0.1) is 13.8 Å². The molecule has 0 aliphatic heterocycles. The first-order chi connectivity index (χ1) is 12.8. The van der Waals surface area contributed by atoms with Crippen molar-refractivity contribution in [3.63, 3.8) is 0 Å². The highest BCUT2D eigenvalue weighted by atomic mass is 35.5. The van der Waals surface area contributed by atoms with E-state index in [0.29, 0.717) is 33.8 Å². The summed E-state index contributed by atoms with van der Waals surface area (Å²) in [5.41, 5.74) is 3.61. The molecule has 7 heteroatoms. The summed E-state index contributed by atoms with van der Waals surface area (Å²) in [6.45, 7) is 5.33. The van der Waals surface area contributed by atoms with Crippen LogP contribution in [0.4, 0.5) is 5.13 Å². The van der Waals surface area contributed by atoms with Crippen LogP contribution >= 0.6 is 34.5 Å². The predicted molar refractivity (Wildman–Crippen MR) is 116 cm³/mol. The molecule has 3 aromatic rings. The summed E-state index contributed by atoms with van der Waals surface area (Å²) in [6, 6.07) is 9.10. The molecule has 0 unspecified atom stereocenters. The predicted octanol–water partition coefficient (Wildman–Crippen LogP) is 5.43. The smallest absolute Gasteiger partial charge is 0.261 e. The molecule has 1 aromatic heterocycles. The molecule has 0 fully saturated rings. The van der Waals surface area contributed by atoms with Crippen molar-refractivity contribution in [3.05, 3.63) is 57.1 Å². The second-order valence-corrected chi connectivity index (χ2v) is 8.63. The lowest BCUT2D eigenvalue weighted by Crippen LogP contribution is -2.36. The molecule has 27 heavy (non-hydrogen) atoms. The summed E-state index contributed by atoms with van der Waals surface area (Å²) in [7, 11) is 3.95. The van der Waals surface area contributed by atoms with Crippen LogP contribution < -0.4 is 4.90 Å². The second-order valence-electron chi connectivity index (χ2n) is 6.81. The van der Waals surface area contributed by atoms with E-state index in [2.05, 4.69) is 13.0 Å².